The number of benzene rings is 2. The fraction of sp³-hybridized carbons (Fsp3) is 0.440. The molecule has 0 unspecified atom stereocenters. The maximum Gasteiger partial charge on any atom is 0.253 e. The molecule has 2 aliphatic rings. The van der Waals surface area contributed by atoms with Crippen LogP contribution in [0.1, 0.15) is 23.2 Å². The van der Waals surface area contributed by atoms with Crippen LogP contribution in [0.4, 0.5) is 4.39 Å². The fourth-order valence-electron chi connectivity index (χ4n) is 4.43. The predicted octanol–water partition coefficient (Wildman–Crippen LogP) is 2.90. The Bertz CT molecular complexity index is 931. The van der Waals surface area contributed by atoms with Crippen LogP contribution in [0.2, 0.25) is 0 Å². The summed E-state index contributed by atoms with van der Waals surface area (Å²) in [5.74, 6) is 0.0949. The van der Waals surface area contributed by atoms with E-state index in [1.54, 1.807) is 17.0 Å². The number of likely N-dealkylation sites (N-methyl/N-ethyl adjacent to an activating group) is 1. The second kappa shape index (κ2) is 10.1. The minimum Gasteiger partial charge on any atom is -0.490 e. The maximum absolute atomic E-state index is 13.6. The highest BCUT2D eigenvalue weighted by molar-refractivity contribution is 5.94. The Kier molecular flexibility index (Phi) is 7.05. The summed E-state index contributed by atoms with van der Waals surface area (Å²) in [4.78, 5) is 31.9. The first-order valence-corrected chi connectivity index (χ1v) is 11.2. The van der Waals surface area contributed by atoms with Crippen molar-refractivity contribution in [3.63, 3.8) is 0 Å². The molecule has 32 heavy (non-hydrogen) atoms. The first kappa shape index (κ1) is 22.3. The number of ether oxygens (including phenoxy) is 1. The van der Waals surface area contributed by atoms with Crippen LogP contribution in [-0.4, -0.2) is 78.9 Å². The number of carbonyl (C=O) groups is 2. The summed E-state index contributed by atoms with van der Waals surface area (Å²) in [6.07, 6.45) is 0.787. The number of piperidine rings is 1. The predicted molar refractivity (Wildman–Crippen MR) is 120 cm³/mol. The van der Waals surface area contributed by atoms with Crippen LogP contribution in [0.3, 0.4) is 0 Å². The lowest BCUT2D eigenvalue weighted by Gasteiger charge is -2.40. The van der Waals surface area contributed by atoms with Crippen LogP contribution in [0, 0.1) is 11.7 Å². The summed E-state index contributed by atoms with van der Waals surface area (Å²) in [6, 6.07) is 15.3. The first-order chi connectivity index (χ1) is 15.5. The zero-order valence-corrected chi connectivity index (χ0v) is 18.5. The lowest BCUT2D eigenvalue weighted by molar-refractivity contribution is -0.135. The molecule has 2 heterocycles. The normalized spacial score (nSPS) is 21.9. The number of nitrogens with zero attached hydrogens (tertiary/aromatic N) is 3. The van der Waals surface area contributed by atoms with Crippen LogP contribution in [0.5, 0.6) is 5.75 Å². The van der Waals surface area contributed by atoms with Crippen molar-refractivity contribution < 1.29 is 18.7 Å². The Labute approximate surface area is 188 Å². The molecule has 6 nitrogen and oxygen atoms in total. The highest BCUT2D eigenvalue weighted by Crippen LogP contribution is 2.27. The van der Waals surface area contributed by atoms with E-state index >= 15 is 0 Å². The molecular weight excluding hydrogens is 409 g/mol. The summed E-state index contributed by atoms with van der Waals surface area (Å²) in [7, 11) is 2.06. The number of rotatable bonds is 5. The molecule has 2 amide bonds. The van der Waals surface area contributed by atoms with Crippen molar-refractivity contribution in [3.05, 3.63) is 66.0 Å². The van der Waals surface area contributed by atoms with Gasteiger partial charge in [-0.3, -0.25) is 9.59 Å². The van der Waals surface area contributed by atoms with Crippen molar-refractivity contribution in [1.29, 1.82) is 0 Å². The van der Waals surface area contributed by atoms with Crippen LogP contribution in [0.25, 0.3) is 0 Å². The number of hydrogen-bond acceptors (Lipinski definition) is 4. The van der Waals surface area contributed by atoms with Crippen molar-refractivity contribution in [2.24, 2.45) is 5.92 Å². The van der Waals surface area contributed by atoms with Gasteiger partial charge in [0, 0.05) is 63.6 Å². The summed E-state index contributed by atoms with van der Waals surface area (Å²) in [5, 5.41) is 0. The smallest absolute Gasteiger partial charge is 0.253 e. The van der Waals surface area contributed by atoms with Gasteiger partial charge in [0.05, 0.1) is 0 Å². The molecule has 2 aromatic carbocycles. The topological polar surface area (TPSA) is 53.1 Å². The van der Waals surface area contributed by atoms with Crippen LogP contribution in [-0.2, 0) is 4.79 Å². The van der Waals surface area contributed by atoms with Crippen molar-refractivity contribution in [2.75, 3.05) is 46.3 Å². The van der Waals surface area contributed by atoms with E-state index in [1.807, 2.05) is 35.2 Å². The molecule has 2 aliphatic heterocycles. The average molecular weight is 440 g/mol. The molecule has 7 heteroatoms. The van der Waals surface area contributed by atoms with Crippen LogP contribution < -0.4 is 4.74 Å². The third-order valence-electron chi connectivity index (χ3n) is 6.35. The summed E-state index contributed by atoms with van der Waals surface area (Å²) in [5.41, 5.74) is 0.330. The van der Waals surface area contributed by atoms with Gasteiger partial charge in [-0.15, -0.1) is 0 Å². The van der Waals surface area contributed by atoms with E-state index in [2.05, 4.69) is 11.9 Å². The van der Waals surface area contributed by atoms with Gasteiger partial charge in [0.1, 0.15) is 17.7 Å². The monoisotopic (exact) mass is 439 g/mol. The van der Waals surface area contributed by atoms with E-state index in [-0.39, 0.29) is 23.8 Å². The molecule has 0 spiro atoms. The van der Waals surface area contributed by atoms with Crippen LogP contribution >= 0.6 is 0 Å². The number of para-hydroxylation sites is 1. The standard InChI is InChI=1S/C25H30FN3O3/c1-27-12-14-28(15-13-27)24(30)17-20-18-29(25(31)19-6-5-7-21(26)16-19)11-10-23(20)32-22-8-3-2-4-9-22/h2-9,16,20,23H,10-15,17-18H2,1H3/t20-,23-/m0/s1. The molecule has 4 rings (SSSR count). The molecule has 0 aliphatic carbocycles. The highest BCUT2D eigenvalue weighted by Gasteiger charge is 2.36. The van der Waals surface area contributed by atoms with E-state index in [9.17, 15) is 14.0 Å². The molecule has 2 aromatic rings. The van der Waals surface area contributed by atoms with Gasteiger partial charge in [0.2, 0.25) is 5.91 Å². The number of halogens is 1. The molecule has 0 bridgehead atoms. The minimum absolute atomic E-state index is 0.102. The maximum atomic E-state index is 13.6. The minimum atomic E-state index is -0.431. The molecule has 0 aromatic heterocycles. The zero-order valence-electron chi connectivity index (χ0n) is 18.5. The molecule has 0 N–H and O–H groups in total. The van der Waals surface area contributed by atoms with E-state index in [0.29, 0.717) is 31.5 Å². The van der Waals surface area contributed by atoms with Gasteiger partial charge in [0.25, 0.3) is 5.91 Å². The average Bonchev–Trinajstić information content (AvgIpc) is 2.81. The molecule has 2 fully saturated rings. The second-order valence-corrected chi connectivity index (χ2v) is 8.67. The van der Waals surface area contributed by atoms with E-state index < -0.39 is 5.82 Å². The van der Waals surface area contributed by atoms with Crippen molar-refractivity contribution >= 4 is 11.8 Å². The Morgan fingerprint density at radius 2 is 1.72 bits per heavy atom. The van der Waals surface area contributed by atoms with Crippen molar-refractivity contribution in [1.82, 2.24) is 14.7 Å². The van der Waals surface area contributed by atoms with Gasteiger partial charge in [-0.05, 0) is 37.4 Å². The van der Waals surface area contributed by atoms with E-state index in [1.165, 1.54) is 12.1 Å². The number of amides is 2. The van der Waals surface area contributed by atoms with Gasteiger partial charge in [-0.25, -0.2) is 4.39 Å². The SMILES string of the molecule is CN1CCN(C(=O)C[C@H]2CN(C(=O)c3cccc(F)c3)CC[C@@H]2Oc2ccccc2)CC1. The fourth-order valence-corrected chi connectivity index (χ4v) is 4.43. The zero-order chi connectivity index (χ0) is 22.5. The number of carbonyl (C=O) groups excluding carboxylic acids is 2. The highest BCUT2D eigenvalue weighted by atomic mass is 19.1. The van der Waals surface area contributed by atoms with E-state index in [0.717, 1.165) is 31.9 Å². The van der Waals surface area contributed by atoms with Gasteiger partial charge < -0.3 is 19.4 Å². The third-order valence-corrected chi connectivity index (χ3v) is 6.35. The summed E-state index contributed by atoms with van der Waals surface area (Å²) >= 11 is 0. The van der Waals surface area contributed by atoms with E-state index in [4.69, 9.17) is 4.74 Å². The number of piperazine rings is 1. The Hall–Kier alpha value is -2.93. The van der Waals surface area contributed by atoms with Crippen molar-refractivity contribution in [2.45, 2.75) is 18.9 Å². The molecule has 0 saturated carbocycles. The summed E-state index contributed by atoms with van der Waals surface area (Å²) < 4.78 is 19.9. The van der Waals surface area contributed by atoms with Gasteiger partial charge in [-0.1, -0.05) is 24.3 Å². The molecule has 170 valence electrons. The Morgan fingerprint density at radius 3 is 2.44 bits per heavy atom. The third kappa shape index (κ3) is 5.46. The van der Waals surface area contributed by atoms with Gasteiger partial charge >= 0.3 is 0 Å². The van der Waals surface area contributed by atoms with Gasteiger partial charge in [-0.2, -0.15) is 0 Å². The number of hydrogen-bond donors (Lipinski definition) is 0. The number of likely N-dealkylation sites (tertiary alicyclic amines) is 1. The quantitative estimate of drug-likeness (QED) is 0.719. The van der Waals surface area contributed by atoms with Crippen molar-refractivity contribution in [3.8, 4) is 5.75 Å². The lowest BCUT2D eigenvalue weighted by atomic mass is 9.90. The second-order valence-electron chi connectivity index (χ2n) is 8.67. The molecular formula is C25H30FN3O3. The first-order valence-electron chi connectivity index (χ1n) is 11.2. The van der Waals surface area contributed by atoms with Gasteiger partial charge in [0.15, 0.2) is 0 Å². The molecule has 2 atom stereocenters. The molecule has 2 saturated heterocycles. The molecule has 0 radical (unpaired) electrons. The lowest BCUT2D eigenvalue weighted by Crippen LogP contribution is -2.51. The van der Waals surface area contributed by atoms with Crippen LogP contribution in [0.15, 0.2) is 54.6 Å². The Morgan fingerprint density at radius 1 is 0.969 bits per heavy atom. The Balaban J connectivity index is 1.47. The summed E-state index contributed by atoms with van der Waals surface area (Å²) in [6.45, 7) is 4.09. The largest absolute Gasteiger partial charge is 0.490 e.